The zero-order valence-corrected chi connectivity index (χ0v) is 20.5. The third-order valence-electron chi connectivity index (χ3n) is 5.72. The van der Waals surface area contributed by atoms with Crippen molar-refractivity contribution in [2.75, 3.05) is 32.6 Å². The molecule has 1 fully saturated rings. The van der Waals surface area contributed by atoms with Crippen molar-refractivity contribution in [2.24, 2.45) is 4.99 Å². The van der Waals surface area contributed by atoms with Gasteiger partial charge in [-0.1, -0.05) is 61.5 Å². The fourth-order valence-electron chi connectivity index (χ4n) is 3.67. The fraction of sp³-hybridized carbons (Fsp3) is 0.333. The maximum atomic E-state index is 15.0. The van der Waals surface area contributed by atoms with E-state index in [1.165, 1.54) is 6.07 Å². The van der Waals surface area contributed by atoms with Gasteiger partial charge < -0.3 is 14.2 Å². The van der Waals surface area contributed by atoms with Gasteiger partial charge in [0, 0.05) is 30.1 Å². The summed E-state index contributed by atoms with van der Waals surface area (Å²) in [4.78, 5) is 6.15. The fourth-order valence-corrected chi connectivity index (χ4v) is 3.89. The summed E-state index contributed by atoms with van der Waals surface area (Å²) in [5, 5.41) is 4.15. The lowest BCUT2D eigenvalue weighted by Gasteiger charge is -2.29. The van der Waals surface area contributed by atoms with Crippen LogP contribution >= 0.6 is 0 Å². The Morgan fingerprint density at radius 1 is 1.14 bits per heavy atom. The van der Waals surface area contributed by atoms with Crippen molar-refractivity contribution in [1.29, 1.82) is 0 Å². The molecule has 0 atom stereocenters. The van der Waals surface area contributed by atoms with E-state index in [9.17, 15) is 12.8 Å². The van der Waals surface area contributed by atoms with E-state index in [0.29, 0.717) is 43.1 Å². The average molecular weight is 503 g/mol. The monoisotopic (exact) mass is 502 g/mol. The van der Waals surface area contributed by atoms with Crippen LogP contribution < -0.4 is 5.48 Å². The van der Waals surface area contributed by atoms with E-state index in [1.54, 1.807) is 17.0 Å². The number of nitrogens with one attached hydrogen (secondary N) is 1. The molecule has 2 heterocycles. The molecule has 0 spiro atoms. The summed E-state index contributed by atoms with van der Waals surface area (Å²) >= 11 is 0. The van der Waals surface area contributed by atoms with Crippen LogP contribution in [0.1, 0.15) is 25.1 Å². The number of halogens is 1. The van der Waals surface area contributed by atoms with Crippen LogP contribution in [0.2, 0.25) is 0 Å². The Balaban J connectivity index is 1.60. The number of ether oxygens (including phenoxy) is 1. The van der Waals surface area contributed by atoms with Crippen molar-refractivity contribution in [3.8, 4) is 11.1 Å². The first kappa shape index (κ1) is 24.8. The number of rotatable bonds is 6. The van der Waals surface area contributed by atoms with Crippen molar-refractivity contribution in [1.82, 2.24) is 15.5 Å². The molecule has 4 rings (SSSR count). The SMILES string of the molecule is CC(C)(c1ccc(-c2ccccc2)c(F)c1)c1cc(N=C(NOS(C)(=O)=O)N2CCOCC2)on1. The lowest BCUT2D eigenvalue weighted by Crippen LogP contribution is -2.47. The van der Waals surface area contributed by atoms with Crippen LogP contribution in [-0.2, 0) is 24.6 Å². The summed E-state index contributed by atoms with van der Waals surface area (Å²) in [6, 6.07) is 16.1. The smallest absolute Gasteiger partial charge is 0.285 e. The van der Waals surface area contributed by atoms with E-state index in [0.717, 1.165) is 11.8 Å². The molecule has 0 bridgehead atoms. The topological polar surface area (TPSA) is 106 Å². The van der Waals surface area contributed by atoms with E-state index < -0.39 is 15.5 Å². The summed E-state index contributed by atoms with van der Waals surface area (Å²) in [6.45, 7) is 5.70. The minimum atomic E-state index is -3.76. The molecule has 0 amide bonds. The minimum absolute atomic E-state index is 0.139. The van der Waals surface area contributed by atoms with Crippen LogP contribution in [-0.4, -0.2) is 57.0 Å². The number of benzene rings is 2. The summed E-state index contributed by atoms with van der Waals surface area (Å²) in [5.41, 5.74) is 4.25. The second-order valence-corrected chi connectivity index (χ2v) is 10.2. The minimum Gasteiger partial charge on any atom is -0.378 e. The van der Waals surface area contributed by atoms with E-state index >= 15 is 0 Å². The second-order valence-electron chi connectivity index (χ2n) is 8.66. The van der Waals surface area contributed by atoms with Gasteiger partial charge >= 0.3 is 0 Å². The van der Waals surface area contributed by atoms with Gasteiger partial charge in [0.05, 0.1) is 25.2 Å². The van der Waals surface area contributed by atoms with Gasteiger partial charge in [-0.3, -0.25) is 0 Å². The lowest BCUT2D eigenvalue weighted by atomic mass is 9.81. The average Bonchev–Trinajstić information content (AvgIpc) is 3.32. The molecule has 0 aliphatic carbocycles. The Labute approximate surface area is 203 Å². The lowest BCUT2D eigenvalue weighted by molar-refractivity contribution is 0.0628. The highest BCUT2D eigenvalue weighted by Gasteiger charge is 2.29. The molecular weight excluding hydrogens is 475 g/mol. The molecule has 0 unspecified atom stereocenters. The first-order valence-corrected chi connectivity index (χ1v) is 12.8. The van der Waals surface area contributed by atoms with E-state index in [1.807, 2.05) is 50.2 Å². The first-order valence-electron chi connectivity index (χ1n) is 11.0. The highest BCUT2D eigenvalue weighted by Crippen LogP contribution is 2.35. The molecule has 1 aliphatic rings. The molecular formula is C24H27FN4O5S. The third-order valence-corrected chi connectivity index (χ3v) is 6.11. The molecule has 1 saturated heterocycles. The molecule has 2 aromatic carbocycles. The first-order chi connectivity index (χ1) is 16.6. The van der Waals surface area contributed by atoms with Gasteiger partial charge in [-0.05, 0) is 17.2 Å². The van der Waals surface area contributed by atoms with Crippen LogP contribution in [0.5, 0.6) is 0 Å². The van der Waals surface area contributed by atoms with Gasteiger partial charge in [0.15, 0.2) is 0 Å². The van der Waals surface area contributed by atoms with Crippen LogP contribution in [0, 0.1) is 5.82 Å². The standard InChI is InChI=1S/C24H27FN4O5S/c1-24(2,18-9-10-19(20(25)15-18)17-7-5-4-6-8-17)21-16-22(33-27-21)26-23(28-34-35(3,30)31)29-11-13-32-14-12-29/h4-10,15-16H,11-14H2,1-3H3,(H,26,28). The van der Waals surface area contributed by atoms with Crippen LogP contribution in [0.3, 0.4) is 0 Å². The Hall–Kier alpha value is -3.28. The number of hydroxylamine groups is 1. The normalized spacial score (nSPS) is 15.3. The van der Waals surface area contributed by atoms with Crippen molar-refractivity contribution in [3.63, 3.8) is 0 Å². The number of guanidine groups is 1. The van der Waals surface area contributed by atoms with Crippen molar-refractivity contribution in [2.45, 2.75) is 19.3 Å². The predicted molar refractivity (Wildman–Crippen MR) is 129 cm³/mol. The Morgan fingerprint density at radius 2 is 1.86 bits per heavy atom. The number of hydrogen-bond donors (Lipinski definition) is 1. The van der Waals surface area contributed by atoms with Gasteiger partial charge in [-0.25, -0.2) is 9.87 Å². The molecule has 35 heavy (non-hydrogen) atoms. The number of aromatic nitrogens is 1. The van der Waals surface area contributed by atoms with Gasteiger partial charge in [0.1, 0.15) is 5.82 Å². The molecule has 1 aliphatic heterocycles. The number of hydrogen-bond acceptors (Lipinski definition) is 7. The zero-order chi connectivity index (χ0) is 25.1. The van der Waals surface area contributed by atoms with Gasteiger partial charge in [-0.2, -0.15) is 13.4 Å². The molecule has 0 saturated carbocycles. The molecule has 9 nitrogen and oxygen atoms in total. The van der Waals surface area contributed by atoms with E-state index in [-0.39, 0.29) is 17.7 Å². The molecule has 0 radical (unpaired) electrons. The maximum absolute atomic E-state index is 15.0. The van der Waals surface area contributed by atoms with Crippen LogP contribution in [0.4, 0.5) is 10.3 Å². The van der Waals surface area contributed by atoms with Crippen molar-refractivity contribution < 1.29 is 26.4 Å². The number of morpholine rings is 1. The molecule has 186 valence electrons. The van der Waals surface area contributed by atoms with E-state index in [2.05, 4.69) is 15.6 Å². The summed E-state index contributed by atoms with van der Waals surface area (Å²) in [5.74, 6) is -0.0433. The van der Waals surface area contributed by atoms with Gasteiger partial charge in [-0.15, -0.1) is 4.28 Å². The highest BCUT2D eigenvalue weighted by atomic mass is 32.2. The summed E-state index contributed by atoms with van der Waals surface area (Å²) in [6.07, 6.45) is 0.925. The molecule has 11 heteroatoms. The van der Waals surface area contributed by atoms with Gasteiger partial charge in [0.25, 0.3) is 16.0 Å². The predicted octanol–water partition coefficient (Wildman–Crippen LogP) is 3.61. The van der Waals surface area contributed by atoms with E-state index in [4.69, 9.17) is 13.5 Å². The largest absolute Gasteiger partial charge is 0.378 e. The van der Waals surface area contributed by atoms with Crippen LogP contribution in [0.25, 0.3) is 11.1 Å². The quantitative estimate of drug-likeness (QED) is 0.310. The highest BCUT2D eigenvalue weighted by molar-refractivity contribution is 7.85. The molecule has 1 N–H and O–H groups in total. The van der Waals surface area contributed by atoms with Crippen LogP contribution in [0.15, 0.2) is 64.1 Å². The summed E-state index contributed by atoms with van der Waals surface area (Å²) in [7, 11) is -3.76. The van der Waals surface area contributed by atoms with Gasteiger partial charge in [0.2, 0.25) is 5.96 Å². The Kier molecular flexibility index (Phi) is 7.20. The van der Waals surface area contributed by atoms with Crippen molar-refractivity contribution >= 4 is 22.0 Å². The number of aliphatic imine (C=N–C) groups is 1. The Morgan fingerprint density at radius 3 is 2.51 bits per heavy atom. The third kappa shape index (κ3) is 6.05. The maximum Gasteiger partial charge on any atom is 0.285 e. The Bertz CT molecular complexity index is 1300. The molecule has 1 aromatic heterocycles. The molecule has 3 aromatic rings. The second kappa shape index (κ2) is 10.1. The number of nitrogens with zero attached hydrogens (tertiary/aromatic N) is 3. The summed E-state index contributed by atoms with van der Waals surface area (Å²) < 4.78 is 53.4. The zero-order valence-electron chi connectivity index (χ0n) is 19.7. The van der Waals surface area contributed by atoms with Crippen molar-refractivity contribution in [3.05, 3.63) is 71.7 Å².